The lowest BCUT2D eigenvalue weighted by Crippen LogP contribution is -2.37. The Morgan fingerprint density at radius 2 is 1.67 bits per heavy atom. The first kappa shape index (κ1) is 27.3. The number of benzene rings is 3. The zero-order chi connectivity index (χ0) is 27.0. The van der Waals surface area contributed by atoms with Gasteiger partial charge in [-0.3, -0.25) is 0 Å². The van der Waals surface area contributed by atoms with E-state index in [1.807, 2.05) is 38.4 Å². The molecule has 3 aromatic rings. The third kappa shape index (κ3) is 4.41. The van der Waals surface area contributed by atoms with Gasteiger partial charge in [0, 0.05) is 59.2 Å². The molecule has 0 amide bonds. The highest BCUT2D eigenvalue weighted by molar-refractivity contribution is 7.87. The van der Waals surface area contributed by atoms with E-state index in [9.17, 15) is 25.3 Å². The molecule has 0 saturated carbocycles. The first-order valence-corrected chi connectivity index (χ1v) is 15.1. The lowest BCUT2D eigenvalue weighted by molar-refractivity contribution is 0.448. The van der Waals surface area contributed by atoms with Gasteiger partial charge < -0.3 is 19.7 Å². The number of anilines is 1. The van der Waals surface area contributed by atoms with Crippen molar-refractivity contribution >= 4 is 31.6 Å². The van der Waals surface area contributed by atoms with Gasteiger partial charge in [0.1, 0.15) is 35.2 Å². The Morgan fingerprint density at radius 1 is 0.949 bits per heavy atom. The van der Waals surface area contributed by atoms with Gasteiger partial charge in [-0.15, -0.1) is 3.89 Å². The molecule has 39 heavy (non-hydrogen) atoms. The molecule has 3 aromatic carbocycles. The topological polar surface area (TPSA) is 138 Å². The highest BCUT2D eigenvalue weighted by Crippen LogP contribution is 2.45. The van der Waals surface area contributed by atoms with E-state index in [0.717, 1.165) is 67.0 Å². The molecule has 3 aliphatic rings. The summed E-state index contributed by atoms with van der Waals surface area (Å²) in [5, 5.41) is 1.60. The van der Waals surface area contributed by atoms with Crippen LogP contribution in [0, 0.1) is 0 Å². The maximum absolute atomic E-state index is 13.8. The van der Waals surface area contributed by atoms with E-state index in [-0.39, 0.29) is 11.0 Å². The second-order valence-electron chi connectivity index (χ2n) is 9.96. The smallest absolute Gasteiger partial charge is 0.332 e. The van der Waals surface area contributed by atoms with Crippen LogP contribution >= 0.6 is 0 Å². The molecule has 206 valence electrons. The number of hydrogen-bond donors (Lipinski definition) is 0. The summed E-state index contributed by atoms with van der Waals surface area (Å²) in [4.78, 5) is 0.456. The molecule has 3 heterocycles. The van der Waals surface area contributed by atoms with Crippen molar-refractivity contribution in [3.05, 3.63) is 75.3 Å². The molecular formula is C27H27FN2O7S2. The van der Waals surface area contributed by atoms with Crippen LogP contribution in [0.25, 0.3) is 5.57 Å². The third-order valence-corrected chi connectivity index (χ3v) is 9.34. The summed E-state index contributed by atoms with van der Waals surface area (Å²) in [6, 6.07) is 10.3. The average molecular weight is 575 g/mol. The summed E-state index contributed by atoms with van der Waals surface area (Å²) in [6.45, 7) is 1.77. The summed E-state index contributed by atoms with van der Waals surface area (Å²) in [5.41, 5.74) is 4.01. The summed E-state index contributed by atoms with van der Waals surface area (Å²) in [6.07, 6.45) is 3.33. The number of ether oxygens (including phenoxy) is 1. The molecule has 0 radical (unpaired) electrons. The Kier molecular flexibility index (Phi) is 6.57. The Labute approximate surface area is 225 Å². The van der Waals surface area contributed by atoms with Crippen molar-refractivity contribution in [1.29, 1.82) is 0 Å². The van der Waals surface area contributed by atoms with Gasteiger partial charge in [0.15, 0.2) is 0 Å². The van der Waals surface area contributed by atoms with Crippen molar-refractivity contribution in [3.63, 3.8) is 0 Å². The van der Waals surface area contributed by atoms with E-state index in [2.05, 4.69) is 9.48 Å². The number of fused-ring (bicyclic) bond motifs is 6. The highest BCUT2D eigenvalue weighted by Gasteiger charge is 2.32. The minimum absolute atomic E-state index is 0. The van der Waals surface area contributed by atoms with Gasteiger partial charge in [0.05, 0.1) is 15.4 Å². The largest absolute Gasteiger partial charge is 0.744 e. The number of nitrogens with zero attached hydrogens (tertiary/aromatic N) is 2. The fraction of sp³-hybridized carbons (Fsp3) is 0.296. The van der Waals surface area contributed by atoms with Crippen LogP contribution in [0.4, 0.5) is 9.57 Å². The monoisotopic (exact) mass is 574 g/mol. The molecule has 2 N–H and O–H groups in total. The lowest BCUT2D eigenvalue weighted by atomic mass is 9.87. The Hall–Kier alpha value is -3.32. The van der Waals surface area contributed by atoms with Crippen LogP contribution in [0.15, 0.2) is 52.3 Å². The average Bonchev–Trinajstić information content (AvgIpc) is 2.86. The SMILES string of the molecule is CN1CCCc2c1ccc1c2Oc2c3c(ccc2=C1c1ccc(S(=O)(=O)F)cc1S(=O)(=O)[O-])=[N+](C)CCC3.O. The molecule has 0 spiro atoms. The van der Waals surface area contributed by atoms with Crippen molar-refractivity contribution in [2.75, 3.05) is 32.1 Å². The van der Waals surface area contributed by atoms with E-state index < -0.39 is 30.1 Å². The zero-order valence-corrected chi connectivity index (χ0v) is 23.0. The van der Waals surface area contributed by atoms with Gasteiger partial charge in [0.25, 0.3) is 0 Å². The maximum Gasteiger partial charge on any atom is 0.332 e. The van der Waals surface area contributed by atoms with Crippen molar-refractivity contribution < 1.29 is 35.5 Å². The third-order valence-electron chi connectivity index (χ3n) is 7.65. The van der Waals surface area contributed by atoms with Crippen molar-refractivity contribution in [2.24, 2.45) is 0 Å². The molecule has 9 nitrogen and oxygen atoms in total. The van der Waals surface area contributed by atoms with Gasteiger partial charge in [0.2, 0.25) is 5.36 Å². The normalized spacial score (nSPS) is 16.4. The standard InChI is InChI=1S/C27H25FN2O6S2.H2O/c1-29-13-3-5-17-22(29)11-9-20-25(19-8-7-16(37(28,31)32)15-24(19)38(33,34)35)21-10-12-23-18(6-4-14-30(23)2)27(21)36-26(17)20;/h7-12,15H,3-6,13-14H2,1-2H3;1H2. The second-order valence-corrected chi connectivity index (χ2v) is 12.7. The van der Waals surface area contributed by atoms with E-state index in [1.54, 1.807) is 0 Å². The van der Waals surface area contributed by atoms with E-state index in [1.165, 1.54) is 6.07 Å². The van der Waals surface area contributed by atoms with Crippen LogP contribution in [0.1, 0.15) is 35.1 Å². The molecule has 3 aliphatic heterocycles. The van der Waals surface area contributed by atoms with Crippen LogP contribution in [-0.2, 0) is 33.2 Å². The molecular weight excluding hydrogens is 547 g/mol. The Balaban J connectivity index is 0.00000308. The lowest BCUT2D eigenvalue weighted by Gasteiger charge is -2.32. The maximum atomic E-state index is 13.8. The molecule has 0 aromatic heterocycles. The molecule has 0 unspecified atom stereocenters. The summed E-state index contributed by atoms with van der Waals surface area (Å²) in [5.74, 6) is 1.18. The fourth-order valence-electron chi connectivity index (χ4n) is 5.89. The minimum atomic E-state index is -5.24. The summed E-state index contributed by atoms with van der Waals surface area (Å²) in [7, 11) is -6.42. The van der Waals surface area contributed by atoms with Crippen LogP contribution in [0.3, 0.4) is 0 Å². The van der Waals surface area contributed by atoms with E-state index in [4.69, 9.17) is 4.74 Å². The molecule has 0 bridgehead atoms. The molecule has 0 atom stereocenters. The summed E-state index contributed by atoms with van der Waals surface area (Å²) < 4.78 is 83.1. The predicted octanol–water partition coefficient (Wildman–Crippen LogP) is 1.23. The molecule has 0 saturated heterocycles. The van der Waals surface area contributed by atoms with Crippen LogP contribution in [0.5, 0.6) is 11.5 Å². The van der Waals surface area contributed by atoms with Gasteiger partial charge >= 0.3 is 10.2 Å². The van der Waals surface area contributed by atoms with E-state index >= 15 is 0 Å². The highest BCUT2D eigenvalue weighted by atomic mass is 32.3. The molecule has 6 rings (SSSR count). The fourth-order valence-corrected chi connectivity index (χ4v) is 7.17. The molecule has 0 aliphatic carbocycles. The van der Waals surface area contributed by atoms with Crippen molar-refractivity contribution in [2.45, 2.75) is 35.5 Å². The van der Waals surface area contributed by atoms with Crippen molar-refractivity contribution in [1.82, 2.24) is 4.58 Å². The van der Waals surface area contributed by atoms with Crippen LogP contribution < -0.4 is 24.8 Å². The van der Waals surface area contributed by atoms with Gasteiger partial charge in [-0.05, 0) is 49.6 Å². The first-order chi connectivity index (χ1) is 17.9. The summed E-state index contributed by atoms with van der Waals surface area (Å²) >= 11 is 0. The second kappa shape index (κ2) is 9.40. The number of rotatable bonds is 3. The van der Waals surface area contributed by atoms with Gasteiger partial charge in [-0.2, -0.15) is 8.42 Å². The van der Waals surface area contributed by atoms with E-state index in [0.29, 0.717) is 33.9 Å². The predicted molar refractivity (Wildman–Crippen MR) is 142 cm³/mol. The zero-order valence-electron chi connectivity index (χ0n) is 21.3. The molecule has 0 fully saturated rings. The number of hydrogen-bond acceptors (Lipinski definition) is 7. The minimum Gasteiger partial charge on any atom is -0.744 e. The Morgan fingerprint density at radius 3 is 2.38 bits per heavy atom. The van der Waals surface area contributed by atoms with Crippen LogP contribution in [-0.4, -0.2) is 54.0 Å². The first-order valence-electron chi connectivity index (χ1n) is 12.3. The van der Waals surface area contributed by atoms with Crippen LogP contribution in [0.2, 0.25) is 0 Å². The quantitative estimate of drug-likeness (QED) is 0.204. The van der Waals surface area contributed by atoms with Gasteiger partial charge in [-0.25, -0.2) is 13.0 Å². The van der Waals surface area contributed by atoms with Gasteiger partial charge in [-0.1, -0.05) is 6.07 Å². The molecule has 12 heteroatoms. The number of halogens is 1. The Bertz CT molecular complexity index is 1890. The van der Waals surface area contributed by atoms with Crippen molar-refractivity contribution in [3.8, 4) is 11.5 Å².